The van der Waals surface area contributed by atoms with Crippen molar-refractivity contribution in [3.8, 4) is 0 Å². The van der Waals surface area contributed by atoms with Gasteiger partial charge in [0.25, 0.3) is 0 Å². The zero-order valence-electron chi connectivity index (χ0n) is 16.9. The van der Waals surface area contributed by atoms with Crippen LogP contribution in [0.4, 0.5) is 0 Å². The molecule has 0 saturated carbocycles. The third-order valence-corrected chi connectivity index (χ3v) is 4.56. The summed E-state index contributed by atoms with van der Waals surface area (Å²) in [4.78, 5) is 23.5. The van der Waals surface area contributed by atoms with E-state index in [0.29, 0.717) is 6.42 Å². The molecule has 0 aliphatic heterocycles. The Morgan fingerprint density at radius 1 is 1.14 bits per heavy atom. The number of aliphatic hydroxyl groups is 2. The average Bonchev–Trinajstić information content (AvgIpc) is 3.05. The SMILES string of the molecule is CCCCCC=CC=C1C(=O)C=CC1CC=CCCCC(=O)OC(CO)CO. The molecule has 0 aromatic rings. The first-order valence-corrected chi connectivity index (χ1v) is 10.3. The molecule has 156 valence electrons. The van der Waals surface area contributed by atoms with E-state index in [4.69, 9.17) is 14.9 Å². The van der Waals surface area contributed by atoms with E-state index < -0.39 is 12.1 Å². The van der Waals surface area contributed by atoms with Crippen LogP contribution in [0.5, 0.6) is 0 Å². The lowest BCUT2D eigenvalue weighted by Gasteiger charge is -2.12. The number of ether oxygens (including phenoxy) is 1. The molecule has 0 aromatic carbocycles. The Labute approximate surface area is 168 Å². The second kappa shape index (κ2) is 15.0. The van der Waals surface area contributed by atoms with Crippen LogP contribution in [-0.2, 0) is 14.3 Å². The maximum absolute atomic E-state index is 12.0. The molecule has 5 heteroatoms. The molecule has 2 N–H and O–H groups in total. The van der Waals surface area contributed by atoms with E-state index in [1.54, 1.807) is 6.08 Å². The van der Waals surface area contributed by atoms with E-state index in [9.17, 15) is 9.59 Å². The van der Waals surface area contributed by atoms with Gasteiger partial charge in [-0.25, -0.2) is 0 Å². The lowest BCUT2D eigenvalue weighted by atomic mass is 9.97. The average molecular weight is 391 g/mol. The number of rotatable bonds is 14. The summed E-state index contributed by atoms with van der Waals surface area (Å²) in [7, 11) is 0. The zero-order chi connectivity index (χ0) is 20.6. The zero-order valence-corrected chi connectivity index (χ0v) is 16.9. The van der Waals surface area contributed by atoms with Gasteiger partial charge in [-0.3, -0.25) is 9.59 Å². The molecular formula is C23H34O5. The minimum absolute atomic E-state index is 0.0849. The highest BCUT2D eigenvalue weighted by atomic mass is 16.6. The van der Waals surface area contributed by atoms with Gasteiger partial charge < -0.3 is 14.9 Å². The van der Waals surface area contributed by atoms with Crippen molar-refractivity contribution in [2.75, 3.05) is 13.2 Å². The molecule has 0 bridgehead atoms. The van der Waals surface area contributed by atoms with Crippen molar-refractivity contribution in [1.29, 1.82) is 0 Å². The number of carbonyl (C=O) groups is 2. The second-order valence-electron chi connectivity index (χ2n) is 6.95. The Hall–Kier alpha value is -1.98. The van der Waals surface area contributed by atoms with E-state index in [2.05, 4.69) is 13.0 Å². The van der Waals surface area contributed by atoms with Crippen LogP contribution in [0.3, 0.4) is 0 Å². The Morgan fingerprint density at radius 2 is 1.89 bits per heavy atom. The Morgan fingerprint density at radius 3 is 2.61 bits per heavy atom. The van der Waals surface area contributed by atoms with Crippen molar-refractivity contribution < 1.29 is 24.5 Å². The number of allylic oxidation sites excluding steroid dienone is 8. The van der Waals surface area contributed by atoms with Crippen molar-refractivity contribution in [3.63, 3.8) is 0 Å². The quantitative estimate of drug-likeness (QED) is 0.204. The molecule has 1 aliphatic rings. The fourth-order valence-electron chi connectivity index (χ4n) is 2.88. The topological polar surface area (TPSA) is 83.8 Å². The van der Waals surface area contributed by atoms with E-state index >= 15 is 0 Å². The van der Waals surface area contributed by atoms with E-state index in [0.717, 1.165) is 24.8 Å². The molecule has 1 unspecified atom stereocenters. The lowest BCUT2D eigenvalue weighted by molar-refractivity contribution is -0.153. The van der Waals surface area contributed by atoms with Gasteiger partial charge in [-0.2, -0.15) is 0 Å². The second-order valence-corrected chi connectivity index (χ2v) is 6.95. The minimum atomic E-state index is -0.833. The van der Waals surface area contributed by atoms with Gasteiger partial charge in [0.15, 0.2) is 5.78 Å². The lowest BCUT2D eigenvalue weighted by Crippen LogP contribution is -2.25. The highest BCUT2D eigenvalue weighted by Crippen LogP contribution is 2.25. The van der Waals surface area contributed by atoms with Crippen LogP contribution >= 0.6 is 0 Å². The van der Waals surface area contributed by atoms with Crippen molar-refractivity contribution in [1.82, 2.24) is 0 Å². The van der Waals surface area contributed by atoms with Crippen LogP contribution in [0.15, 0.2) is 48.1 Å². The smallest absolute Gasteiger partial charge is 0.306 e. The molecular weight excluding hydrogens is 356 g/mol. The predicted octanol–water partition coefficient (Wildman–Crippen LogP) is 3.82. The first kappa shape index (κ1) is 24.1. The van der Waals surface area contributed by atoms with Crippen molar-refractivity contribution in [2.24, 2.45) is 5.92 Å². The first-order chi connectivity index (χ1) is 13.6. The molecule has 0 saturated heterocycles. The van der Waals surface area contributed by atoms with Crippen LogP contribution < -0.4 is 0 Å². The predicted molar refractivity (Wildman–Crippen MR) is 111 cm³/mol. The summed E-state index contributed by atoms with van der Waals surface area (Å²) in [6.45, 7) is 1.43. The number of ketones is 1. The molecule has 0 heterocycles. The summed E-state index contributed by atoms with van der Waals surface area (Å²) >= 11 is 0. The van der Waals surface area contributed by atoms with Gasteiger partial charge in [-0.15, -0.1) is 0 Å². The molecule has 0 spiro atoms. The van der Waals surface area contributed by atoms with Gasteiger partial charge in [0.05, 0.1) is 13.2 Å². The Bertz CT molecular complexity index is 582. The van der Waals surface area contributed by atoms with Crippen molar-refractivity contribution in [3.05, 3.63) is 48.1 Å². The highest BCUT2D eigenvalue weighted by molar-refractivity contribution is 6.07. The maximum Gasteiger partial charge on any atom is 0.306 e. The summed E-state index contributed by atoms with van der Waals surface area (Å²) < 4.78 is 4.91. The maximum atomic E-state index is 12.0. The highest BCUT2D eigenvalue weighted by Gasteiger charge is 2.20. The van der Waals surface area contributed by atoms with Crippen molar-refractivity contribution >= 4 is 11.8 Å². The molecule has 28 heavy (non-hydrogen) atoms. The molecule has 0 aromatic heterocycles. The Kier molecular flexibility index (Phi) is 12.9. The van der Waals surface area contributed by atoms with E-state index in [1.807, 2.05) is 30.4 Å². The summed E-state index contributed by atoms with van der Waals surface area (Å²) in [5.74, 6) is -0.215. The summed E-state index contributed by atoms with van der Waals surface area (Å²) in [5.41, 5.74) is 0.832. The largest absolute Gasteiger partial charge is 0.457 e. The standard InChI is InChI=1S/C23H34O5/c1-2-3-4-5-6-10-13-21-19(15-16-22(21)26)12-9-7-8-11-14-23(27)28-20(17-24)18-25/h6-7,9-10,13,15-16,19-20,24-25H,2-5,8,11-12,14,17-18H2,1H3. The van der Waals surface area contributed by atoms with Gasteiger partial charge in [0, 0.05) is 17.9 Å². The summed E-state index contributed by atoms with van der Waals surface area (Å²) in [6.07, 6.45) is 19.9. The Balaban J connectivity index is 2.31. The monoisotopic (exact) mass is 390 g/mol. The number of aliphatic hydroxyl groups excluding tert-OH is 2. The van der Waals surface area contributed by atoms with Crippen LogP contribution in [0.2, 0.25) is 0 Å². The van der Waals surface area contributed by atoms with Crippen LogP contribution in [0.25, 0.3) is 0 Å². The van der Waals surface area contributed by atoms with Gasteiger partial charge in [-0.1, -0.05) is 56.2 Å². The first-order valence-electron chi connectivity index (χ1n) is 10.3. The van der Waals surface area contributed by atoms with E-state index in [-0.39, 0.29) is 31.3 Å². The third-order valence-electron chi connectivity index (χ3n) is 4.56. The molecule has 1 atom stereocenters. The van der Waals surface area contributed by atoms with Gasteiger partial charge >= 0.3 is 5.97 Å². The molecule has 0 radical (unpaired) electrons. The number of unbranched alkanes of at least 4 members (excludes halogenated alkanes) is 4. The number of hydrogen-bond donors (Lipinski definition) is 2. The number of carbonyl (C=O) groups excluding carboxylic acids is 2. The fourth-order valence-corrected chi connectivity index (χ4v) is 2.88. The van der Waals surface area contributed by atoms with Crippen LogP contribution in [0.1, 0.15) is 58.3 Å². The van der Waals surface area contributed by atoms with Crippen LogP contribution in [-0.4, -0.2) is 41.3 Å². The molecule has 0 amide bonds. The summed E-state index contributed by atoms with van der Waals surface area (Å²) in [6, 6.07) is 0. The molecule has 0 fully saturated rings. The van der Waals surface area contributed by atoms with Crippen LogP contribution in [0, 0.1) is 5.92 Å². The third kappa shape index (κ3) is 9.81. The van der Waals surface area contributed by atoms with Crippen molar-refractivity contribution in [2.45, 2.75) is 64.4 Å². The molecule has 5 nitrogen and oxygen atoms in total. The molecule has 1 rings (SSSR count). The minimum Gasteiger partial charge on any atom is -0.457 e. The number of hydrogen-bond acceptors (Lipinski definition) is 5. The van der Waals surface area contributed by atoms with Gasteiger partial charge in [0.1, 0.15) is 6.10 Å². The molecule has 1 aliphatic carbocycles. The normalized spacial score (nSPS) is 18.4. The number of esters is 1. The summed E-state index contributed by atoms with van der Waals surface area (Å²) in [5, 5.41) is 17.8. The van der Waals surface area contributed by atoms with E-state index in [1.165, 1.54) is 19.3 Å². The fraction of sp³-hybridized carbons (Fsp3) is 0.565. The van der Waals surface area contributed by atoms with Gasteiger partial charge in [0.2, 0.25) is 0 Å². The van der Waals surface area contributed by atoms with Gasteiger partial charge in [-0.05, 0) is 38.2 Å².